The predicted molar refractivity (Wildman–Crippen MR) is 110 cm³/mol. The molecule has 3 rings (SSSR count). The van der Waals surface area contributed by atoms with Crippen LogP contribution < -0.4 is 10.1 Å². The molecule has 1 aromatic heterocycles. The highest BCUT2D eigenvalue weighted by atomic mass is 79.9. The fourth-order valence-corrected chi connectivity index (χ4v) is 3.26. The highest BCUT2D eigenvalue weighted by Crippen LogP contribution is 2.31. The number of ketones is 1. The maximum Gasteiger partial charge on any atom is 0.416 e. The maximum atomic E-state index is 12.8. The van der Waals surface area contributed by atoms with Crippen molar-refractivity contribution in [2.45, 2.75) is 19.0 Å². The van der Waals surface area contributed by atoms with Crippen LogP contribution in [0.5, 0.6) is 11.6 Å². The Balaban J connectivity index is 1.66. The molecule has 1 N–H and O–H groups in total. The first-order chi connectivity index (χ1) is 14.2. The Kier molecular flexibility index (Phi) is 6.71. The van der Waals surface area contributed by atoms with Crippen molar-refractivity contribution in [3.05, 3.63) is 76.0 Å². The number of alkyl halides is 3. The van der Waals surface area contributed by atoms with Gasteiger partial charge in [-0.2, -0.15) is 13.2 Å². The third-order valence-electron chi connectivity index (χ3n) is 4.17. The molecule has 0 bridgehead atoms. The molecular weight excluding hydrogens is 463 g/mol. The zero-order chi connectivity index (χ0) is 21.7. The fraction of sp³-hybridized carbons (Fsp3) is 0.190. The van der Waals surface area contributed by atoms with Gasteiger partial charge in [0.1, 0.15) is 23.7 Å². The number of rotatable bonds is 7. The van der Waals surface area contributed by atoms with Crippen molar-refractivity contribution in [3.63, 3.8) is 0 Å². The van der Waals surface area contributed by atoms with Crippen molar-refractivity contribution in [1.82, 2.24) is 9.97 Å². The molecule has 0 amide bonds. The van der Waals surface area contributed by atoms with Crippen LogP contribution in [0.25, 0.3) is 0 Å². The minimum absolute atomic E-state index is 0.0759. The zero-order valence-corrected chi connectivity index (χ0v) is 17.4. The second kappa shape index (κ2) is 9.25. The molecule has 0 spiro atoms. The van der Waals surface area contributed by atoms with Crippen LogP contribution in [0.15, 0.2) is 59.3 Å². The van der Waals surface area contributed by atoms with Crippen LogP contribution >= 0.6 is 15.9 Å². The second-order valence-electron chi connectivity index (χ2n) is 6.45. The molecule has 156 valence electrons. The second-order valence-corrected chi connectivity index (χ2v) is 7.30. The van der Waals surface area contributed by atoms with Gasteiger partial charge in [-0.3, -0.25) is 4.79 Å². The van der Waals surface area contributed by atoms with E-state index >= 15 is 0 Å². The van der Waals surface area contributed by atoms with Gasteiger partial charge in [-0.05, 0) is 45.3 Å². The Hall–Kier alpha value is -2.94. The number of ether oxygens (including phenoxy) is 1. The molecule has 5 nitrogen and oxygen atoms in total. The number of hydrogen-bond acceptors (Lipinski definition) is 5. The number of hydrogen-bond donors (Lipinski definition) is 1. The Bertz CT molecular complexity index is 1060. The summed E-state index contributed by atoms with van der Waals surface area (Å²) in [6.07, 6.45) is -3.05. The largest absolute Gasteiger partial charge is 0.438 e. The van der Waals surface area contributed by atoms with Crippen LogP contribution in [0.1, 0.15) is 16.7 Å². The van der Waals surface area contributed by atoms with Crippen LogP contribution in [0.4, 0.5) is 19.0 Å². The fourth-order valence-electron chi connectivity index (χ4n) is 2.76. The maximum absolute atomic E-state index is 12.8. The van der Waals surface area contributed by atoms with Gasteiger partial charge in [0.25, 0.3) is 0 Å². The summed E-state index contributed by atoms with van der Waals surface area (Å²) in [7, 11) is 1.73. The summed E-state index contributed by atoms with van der Waals surface area (Å²) in [4.78, 5) is 20.4. The normalized spacial score (nSPS) is 11.2. The van der Waals surface area contributed by atoms with Crippen molar-refractivity contribution in [2.75, 3.05) is 12.4 Å². The summed E-state index contributed by atoms with van der Waals surface area (Å²) in [6.45, 7) is 0. The number of nitrogens with zero attached hydrogens (tertiary/aromatic N) is 2. The topological polar surface area (TPSA) is 64.1 Å². The minimum Gasteiger partial charge on any atom is -0.438 e. The number of halogens is 4. The summed E-state index contributed by atoms with van der Waals surface area (Å²) >= 11 is 3.41. The van der Waals surface area contributed by atoms with Crippen molar-refractivity contribution in [1.29, 1.82) is 0 Å². The first-order valence-corrected chi connectivity index (χ1v) is 9.68. The van der Waals surface area contributed by atoms with Gasteiger partial charge in [-0.15, -0.1) is 0 Å². The number of nitrogens with one attached hydrogen (secondary N) is 1. The molecule has 3 aromatic rings. The summed E-state index contributed by atoms with van der Waals surface area (Å²) < 4.78 is 44.8. The van der Waals surface area contributed by atoms with Gasteiger partial charge in [0.15, 0.2) is 0 Å². The number of anilines is 1. The molecule has 0 atom stereocenters. The number of aromatic nitrogens is 2. The zero-order valence-electron chi connectivity index (χ0n) is 15.8. The van der Waals surface area contributed by atoms with E-state index in [9.17, 15) is 18.0 Å². The molecule has 0 saturated heterocycles. The number of carbonyl (C=O) groups excluding carboxylic acids is 1. The van der Waals surface area contributed by atoms with Crippen molar-refractivity contribution in [3.8, 4) is 11.6 Å². The summed E-state index contributed by atoms with van der Waals surface area (Å²) in [5.41, 5.74) is 0.283. The SMILES string of the molecule is CNc1cc(Oc2ccc(CC(=O)Cc3cccc(C(F)(F)F)c3)cc2Br)ncn1. The molecule has 0 fully saturated rings. The molecule has 0 saturated carbocycles. The molecule has 30 heavy (non-hydrogen) atoms. The van der Waals surface area contributed by atoms with Crippen molar-refractivity contribution < 1.29 is 22.7 Å². The molecular formula is C21H17BrF3N3O2. The third-order valence-corrected chi connectivity index (χ3v) is 4.79. The minimum atomic E-state index is -4.43. The van der Waals surface area contributed by atoms with Crippen LogP contribution in [-0.4, -0.2) is 22.8 Å². The number of Topliss-reactive ketones (excluding diaryl/α,β-unsaturated/α-hetero) is 1. The molecule has 0 radical (unpaired) electrons. The Labute approximate surface area is 179 Å². The standard InChI is InChI=1S/C21H17BrF3N3O2/c1-26-19-11-20(28-12-27-19)30-18-6-5-14(10-17(18)22)9-16(29)8-13-3-2-4-15(7-13)21(23,24)25/h2-7,10-12H,8-9H2,1H3,(H,26,27,28). The number of benzene rings is 2. The Morgan fingerprint density at radius 3 is 2.47 bits per heavy atom. The first kappa shape index (κ1) is 21.8. The van der Waals surface area contributed by atoms with E-state index < -0.39 is 11.7 Å². The highest BCUT2D eigenvalue weighted by molar-refractivity contribution is 9.10. The molecule has 1 heterocycles. The lowest BCUT2D eigenvalue weighted by molar-refractivity contribution is -0.137. The van der Waals surface area contributed by atoms with Crippen molar-refractivity contribution >= 4 is 27.5 Å². The third kappa shape index (κ3) is 5.79. The van der Waals surface area contributed by atoms with Crippen LogP contribution in [0, 0.1) is 0 Å². The van der Waals surface area contributed by atoms with E-state index in [0.717, 1.165) is 12.1 Å². The monoisotopic (exact) mass is 479 g/mol. The van der Waals surface area contributed by atoms with Crippen LogP contribution in [-0.2, 0) is 23.8 Å². The molecule has 2 aromatic carbocycles. The van der Waals surface area contributed by atoms with E-state index in [1.54, 1.807) is 31.3 Å². The lowest BCUT2D eigenvalue weighted by Gasteiger charge is -2.10. The van der Waals surface area contributed by atoms with Gasteiger partial charge in [0.05, 0.1) is 10.0 Å². The molecule has 9 heteroatoms. The van der Waals surface area contributed by atoms with Crippen LogP contribution in [0.2, 0.25) is 0 Å². The Morgan fingerprint density at radius 1 is 1.07 bits per heavy atom. The summed E-state index contributed by atoms with van der Waals surface area (Å²) in [5, 5.41) is 2.89. The smallest absolute Gasteiger partial charge is 0.416 e. The van der Waals surface area contributed by atoms with E-state index in [0.29, 0.717) is 33.0 Å². The first-order valence-electron chi connectivity index (χ1n) is 8.88. The lowest BCUT2D eigenvalue weighted by atomic mass is 10.0. The van der Waals surface area contributed by atoms with Gasteiger partial charge in [-0.1, -0.05) is 24.3 Å². The van der Waals surface area contributed by atoms with E-state index in [1.165, 1.54) is 18.5 Å². The Morgan fingerprint density at radius 2 is 1.80 bits per heavy atom. The quantitative estimate of drug-likeness (QED) is 0.488. The number of carbonyl (C=O) groups is 1. The average Bonchev–Trinajstić information content (AvgIpc) is 2.70. The molecule has 0 aliphatic carbocycles. The van der Waals surface area contributed by atoms with E-state index in [-0.39, 0.29) is 18.6 Å². The molecule has 0 aliphatic rings. The van der Waals surface area contributed by atoms with Gasteiger partial charge in [-0.25, -0.2) is 9.97 Å². The highest BCUT2D eigenvalue weighted by Gasteiger charge is 2.30. The van der Waals surface area contributed by atoms with E-state index in [4.69, 9.17) is 4.74 Å². The molecule has 0 unspecified atom stereocenters. The van der Waals surface area contributed by atoms with E-state index in [1.807, 2.05) is 0 Å². The summed E-state index contributed by atoms with van der Waals surface area (Å²) in [6, 6.07) is 11.6. The van der Waals surface area contributed by atoms with Gasteiger partial charge < -0.3 is 10.1 Å². The van der Waals surface area contributed by atoms with E-state index in [2.05, 4.69) is 31.2 Å². The van der Waals surface area contributed by atoms with Crippen molar-refractivity contribution in [2.24, 2.45) is 0 Å². The predicted octanol–water partition coefficient (Wildman–Crippen LogP) is 5.45. The summed E-state index contributed by atoms with van der Waals surface area (Å²) in [5.74, 6) is 1.27. The van der Waals surface area contributed by atoms with Crippen LogP contribution in [0.3, 0.4) is 0 Å². The molecule has 0 aliphatic heterocycles. The van der Waals surface area contributed by atoms with Gasteiger partial charge in [0, 0.05) is 26.0 Å². The lowest BCUT2D eigenvalue weighted by Crippen LogP contribution is -2.09. The van der Waals surface area contributed by atoms with Gasteiger partial charge >= 0.3 is 6.18 Å². The van der Waals surface area contributed by atoms with Gasteiger partial charge in [0.2, 0.25) is 5.88 Å². The average molecular weight is 480 g/mol.